The van der Waals surface area contributed by atoms with Crippen molar-refractivity contribution in [3.05, 3.63) is 40.7 Å². The molecule has 0 saturated carbocycles. The van der Waals surface area contributed by atoms with Crippen LogP contribution in [0.2, 0.25) is 0 Å². The SMILES string of the molecule is CCc1[c-]c(C(=O)[N-]C2CCC(=O)NC2=O)ccc1.[W+2]. The number of amides is 3. The fraction of sp³-hybridized carbons (Fsp3) is 0.357. The molecule has 3 amide bonds. The van der Waals surface area contributed by atoms with E-state index in [0.29, 0.717) is 5.56 Å². The predicted octanol–water partition coefficient (Wildman–Crippen LogP) is 1.37. The van der Waals surface area contributed by atoms with Crippen molar-refractivity contribution in [1.82, 2.24) is 5.32 Å². The summed E-state index contributed by atoms with van der Waals surface area (Å²) in [5.74, 6) is -1.29. The van der Waals surface area contributed by atoms with Crippen LogP contribution in [0.4, 0.5) is 0 Å². The largest absolute Gasteiger partial charge is 2.00 e. The third kappa shape index (κ3) is 4.00. The second-order valence-electron chi connectivity index (χ2n) is 4.34. The summed E-state index contributed by atoms with van der Waals surface area (Å²) >= 11 is 0. The van der Waals surface area contributed by atoms with Gasteiger partial charge in [0.25, 0.3) is 0 Å². The van der Waals surface area contributed by atoms with Crippen molar-refractivity contribution >= 4 is 17.7 Å². The van der Waals surface area contributed by atoms with E-state index in [1.165, 1.54) is 0 Å². The van der Waals surface area contributed by atoms with Crippen LogP contribution in [0.25, 0.3) is 5.32 Å². The number of nitrogens with one attached hydrogen (secondary N) is 1. The van der Waals surface area contributed by atoms with Crippen molar-refractivity contribution in [2.75, 3.05) is 0 Å². The van der Waals surface area contributed by atoms with Crippen LogP contribution in [0.3, 0.4) is 0 Å². The van der Waals surface area contributed by atoms with Crippen LogP contribution >= 0.6 is 0 Å². The Balaban J connectivity index is 0.00000200. The number of carbonyl (C=O) groups is 3. The molecule has 5 nitrogen and oxygen atoms in total. The van der Waals surface area contributed by atoms with Crippen molar-refractivity contribution in [2.45, 2.75) is 32.2 Å². The summed E-state index contributed by atoms with van der Waals surface area (Å²) in [5.41, 5.74) is 1.27. The Hall–Kier alpha value is -1.48. The molecule has 2 rings (SSSR count). The van der Waals surface area contributed by atoms with Gasteiger partial charge in [0.05, 0.1) is 0 Å². The number of benzene rings is 1. The first kappa shape index (κ1) is 16.6. The van der Waals surface area contributed by atoms with Gasteiger partial charge in [-0.1, -0.05) is 6.92 Å². The molecule has 0 aromatic heterocycles. The van der Waals surface area contributed by atoms with Gasteiger partial charge in [-0.15, -0.1) is 35.4 Å². The number of rotatable bonds is 3. The van der Waals surface area contributed by atoms with E-state index in [9.17, 15) is 14.4 Å². The van der Waals surface area contributed by atoms with E-state index in [1.54, 1.807) is 12.1 Å². The first-order chi connectivity index (χ1) is 9.10. The van der Waals surface area contributed by atoms with Gasteiger partial charge >= 0.3 is 21.1 Å². The smallest absolute Gasteiger partial charge is 0.684 e. The molecular formula is C14H14N2O3W. The molecule has 1 aromatic rings. The van der Waals surface area contributed by atoms with E-state index in [-0.39, 0.29) is 39.8 Å². The summed E-state index contributed by atoms with van der Waals surface area (Å²) in [4.78, 5) is 34.4. The maximum atomic E-state index is 11.9. The fourth-order valence-corrected chi connectivity index (χ4v) is 1.86. The Kier molecular flexibility index (Phi) is 6.08. The third-order valence-electron chi connectivity index (χ3n) is 2.95. The second kappa shape index (κ2) is 7.34. The van der Waals surface area contributed by atoms with Crippen molar-refractivity contribution in [3.63, 3.8) is 0 Å². The molecule has 0 spiro atoms. The van der Waals surface area contributed by atoms with Crippen LogP contribution in [0.5, 0.6) is 0 Å². The van der Waals surface area contributed by atoms with E-state index in [0.717, 1.165) is 12.0 Å². The Bertz CT molecular complexity index is 531. The van der Waals surface area contributed by atoms with E-state index in [4.69, 9.17) is 0 Å². The fourth-order valence-electron chi connectivity index (χ4n) is 1.86. The number of imide groups is 1. The Morgan fingerprint density at radius 3 is 2.85 bits per heavy atom. The van der Waals surface area contributed by atoms with Crippen LogP contribution in [-0.2, 0) is 37.1 Å². The second-order valence-corrected chi connectivity index (χ2v) is 4.34. The van der Waals surface area contributed by atoms with E-state index >= 15 is 0 Å². The summed E-state index contributed by atoms with van der Waals surface area (Å²) in [6.07, 6.45) is 1.27. The Labute approximate surface area is 131 Å². The molecule has 1 aliphatic rings. The molecule has 6 heteroatoms. The van der Waals surface area contributed by atoms with Crippen LogP contribution in [0.1, 0.15) is 35.7 Å². The first-order valence-corrected chi connectivity index (χ1v) is 6.20. The van der Waals surface area contributed by atoms with E-state index in [2.05, 4.69) is 16.7 Å². The van der Waals surface area contributed by atoms with Crippen molar-refractivity contribution in [3.8, 4) is 0 Å². The molecule has 1 fully saturated rings. The molecule has 1 unspecified atom stereocenters. The number of hydrogen-bond acceptors (Lipinski definition) is 3. The Morgan fingerprint density at radius 2 is 2.20 bits per heavy atom. The summed E-state index contributed by atoms with van der Waals surface area (Å²) in [7, 11) is 0. The molecule has 1 heterocycles. The predicted molar refractivity (Wildman–Crippen MR) is 68.5 cm³/mol. The van der Waals surface area contributed by atoms with E-state index < -0.39 is 17.9 Å². The quantitative estimate of drug-likeness (QED) is 0.568. The molecular weight excluding hydrogens is 428 g/mol. The van der Waals surface area contributed by atoms with Gasteiger partial charge in [-0.2, -0.15) is 0 Å². The monoisotopic (exact) mass is 442 g/mol. The van der Waals surface area contributed by atoms with Gasteiger partial charge in [-0.05, 0) is 24.8 Å². The van der Waals surface area contributed by atoms with Crippen LogP contribution in [0, 0.1) is 6.07 Å². The average molecular weight is 442 g/mol. The molecule has 1 aromatic carbocycles. The summed E-state index contributed by atoms with van der Waals surface area (Å²) in [6, 6.07) is 7.46. The molecule has 1 saturated heterocycles. The first-order valence-electron chi connectivity index (χ1n) is 6.20. The minimum absolute atomic E-state index is 0. The standard InChI is InChI=1S/C14H15N2O3.W/c1-2-9-4-3-5-10(8-9)13(18)15-11-6-7-12(17)16-14(11)19;/h3-5,11H,2,6-7H2,1H3,(H2,15,16,17,18,19);/q-1;+2/p-1. The van der Waals surface area contributed by atoms with Crippen LogP contribution in [-0.4, -0.2) is 23.8 Å². The molecule has 1 N–H and O–H groups in total. The van der Waals surface area contributed by atoms with Crippen molar-refractivity contribution < 1.29 is 35.4 Å². The zero-order chi connectivity index (χ0) is 13.8. The molecule has 20 heavy (non-hydrogen) atoms. The molecule has 1 atom stereocenters. The van der Waals surface area contributed by atoms with Gasteiger partial charge < -0.3 is 10.1 Å². The van der Waals surface area contributed by atoms with Gasteiger partial charge in [0, 0.05) is 6.42 Å². The maximum absolute atomic E-state index is 11.9. The molecule has 0 bridgehead atoms. The zero-order valence-corrected chi connectivity index (χ0v) is 13.9. The summed E-state index contributed by atoms with van der Waals surface area (Å²) in [6.45, 7) is 1.97. The van der Waals surface area contributed by atoms with Crippen LogP contribution < -0.4 is 5.32 Å². The van der Waals surface area contributed by atoms with Gasteiger partial charge in [-0.3, -0.25) is 14.9 Å². The van der Waals surface area contributed by atoms with Gasteiger partial charge in [0.15, 0.2) is 0 Å². The number of nitrogens with zero attached hydrogens (tertiary/aromatic N) is 1. The number of carbonyl (C=O) groups excluding carboxylic acids is 3. The summed E-state index contributed by atoms with van der Waals surface area (Å²) < 4.78 is 0. The molecule has 1 aliphatic heterocycles. The number of piperidine rings is 1. The van der Waals surface area contributed by atoms with Gasteiger partial charge in [0.2, 0.25) is 11.8 Å². The minimum atomic E-state index is -0.774. The number of hydrogen-bond donors (Lipinski definition) is 1. The van der Waals surface area contributed by atoms with Crippen molar-refractivity contribution in [2.24, 2.45) is 0 Å². The molecule has 0 radical (unpaired) electrons. The molecule has 104 valence electrons. The molecule has 0 aliphatic carbocycles. The minimum Gasteiger partial charge on any atom is -0.684 e. The number of aryl methyl sites for hydroxylation is 1. The summed E-state index contributed by atoms with van der Waals surface area (Å²) in [5, 5.41) is 6.04. The van der Waals surface area contributed by atoms with Gasteiger partial charge in [-0.25, -0.2) is 0 Å². The average Bonchev–Trinajstić information content (AvgIpc) is 2.42. The maximum Gasteiger partial charge on any atom is 2.00 e. The third-order valence-corrected chi connectivity index (χ3v) is 2.95. The topological polar surface area (TPSA) is 77.3 Å². The Morgan fingerprint density at radius 1 is 1.45 bits per heavy atom. The normalized spacial score (nSPS) is 17.9. The van der Waals surface area contributed by atoms with Crippen LogP contribution in [0.15, 0.2) is 18.2 Å². The van der Waals surface area contributed by atoms with Crippen molar-refractivity contribution in [1.29, 1.82) is 0 Å². The van der Waals surface area contributed by atoms with Gasteiger partial charge in [0.1, 0.15) is 0 Å². The van der Waals surface area contributed by atoms with E-state index in [1.807, 2.05) is 13.0 Å². The zero-order valence-electron chi connectivity index (χ0n) is 11.0.